The lowest BCUT2D eigenvalue weighted by Crippen LogP contribution is -2.31. The summed E-state index contributed by atoms with van der Waals surface area (Å²) in [6.07, 6.45) is 4.16. The molecule has 1 amide bonds. The van der Waals surface area contributed by atoms with E-state index in [9.17, 15) is 13.2 Å². The number of sulfonamides is 1. The number of carbonyl (C=O) groups is 1. The number of rotatable bonds is 6. The molecule has 0 saturated carbocycles. The van der Waals surface area contributed by atoms with Crippen LogP contribution < -0.4 is 14.9 Å². The number of ether oxygens (including phenoxy) is 1. The number of hydrogen-bond donors (Lipinski definition) is 2. The minimum atomic E-state index is -3.95. The van der Waals surface area contributed by atoms with Gasteiger partial charge in [-0.15, -0.1) is 0 Å². The van der Waals surface area contributed by atoms with E-state index in [-0.39, 0.29) is 10.8 Å². The zero-order valence-electron chi connectivity index (χ0n) is 17.1. The summed E-state index contributed by atoms with van der Waals surface area (Å²) in [5.74, 6) is -0.259. The first-order valence-electron chi connectivity index (χ1n) is 10.5. The molecular weight excluding hydrogens is 438 g/mol. The molecule has 1 atom stereocenters. The third-order valence-electron chi connectivity index (χ3n) is 5.55. The van der Waals surface area contributed by atoms with E-state index < -0.39 is 16.1 Å². The van der Waals surface area contributed by atoms with Crippen molar-refractivity contribution in [3.8, 4) is 0 Å². The Morgan fingerprint density at radius 1 is 1.06 bits per heavy atom. The fraction of sp³-hybridized carbons (Fsp3) is 0.409. The second-order valence-electron chi connectivity index (χ2n) is 7.81. The highest BCUT2D eigenvalue weighted by Crippen LogP contribution is 2.33. The van der Waals surface area contributed by atoms with Crippen molar-refractivity contribution < 1.29 is 17.9 Å². The van der Waals surface area contributed by atoms with Gasteiger partial charge in [-0.05, 0) is 62.4 Å². The molecular formula is C22H26ClN3O4S. The molecule has 2 fully saturated rings. The summed E-state index contributed by atoms with van der Waals surface area (Å²) < 4.78 is 34.8. The Hall–Kier alpha value is -2.29. The van der Waals surface area contributed by atoms with E-state index in [0.717, 1.165) is 38.8 Å². The predicted molar refractivity (Wildman–Crippen MR) is 122 cm³/mol. The van der Waals surface area contributed by atoms with Gasteiger partial charge in [0.2, 0.25) is 0 Å². The van der Waals surface area contributed by atoms with Crippen molar-refractivity contribution in [3.63, 3.8) is 0 Å². The van der Waals surface area contributed by atoms with Gasteiger partial charge in [-0.2, -0.15) is 0 Å². The largest absolute Gasteiger partial charge is 0.370 e. The first-order valence-corrected chi connectivity index (χ1v) is 12.4. The third-order valence-corrected chi connectivity index (χ3v) is 7.28. The molecule has 2 saturated heterocycles. The molecule has 166 valence electrons. The summed E-state index contributed by atoms with van der Waals surface area (Å²) in [6, 6.07) is 11.7. The highest BCUT2D eigenvalue weighted by atomic mass is 35.5. The zero-order valence-corrected chi connectivity index (χ0v) is 18.7. The fourth-order valence-corrected chi connectivity index (χ4v) is 5.53. The smallest absolute Gasteiger partial charge is 0.264 e. The number of anilines is 3. The van der Waals surface area contributed by atoms with E-state index in [0.29, 0.717) is 35.1 Å². The van der Waals surface area contributed by atoms with Crippen molar-refractivity contribution >= 4 is 44.6 Å². The average Bonchev–Trinajstić information content (AvgIpc) is 3.31. The number of nitrogens with one attached hydrogen (secondary N) is 2. The molecule has 31 heavy (non-hydrogen) atoms. The molecule has 9 heteroatoms. The van der Waals surface area contributed by atoms with Crippen molar-refractivity contribution in [1.82, 2.24) is 0 Å². The molecule has 0 aliphatic carbocycles. The molecule has 2 heterocycles. The second kappa shape index (κ2) is 9.46. The number of piperidine rings is 1. The van der Waals surface area contributed by atoms with E-state index in [1.165, 1.54) is 6.07 Å². The lowest BCUT2D eigenvalue weighted by Gasteiger charge is -2.30. The number of benzene rings is 2. The summed E-state index contributed by atoms with van der Waals surface area (Å²) in [6.45, 7) is 2.14. The van der Waals surface area contributed by atoms with Gasteiger partial charge in [-0.25, -0.2) is 8.42 Å². The van der Waals surface area contributed by atoms with Gasteiger partial charge in [-0.1, -0.05) is 23.7 Å². The molecule has 0 unspecified atom stereocenters. The fourth-order valence-electron chi connectivity index (χ4n) is 3.95. The number of halogens is 1. The number of para-hydroxylation sites is 1. The normalized spacial score (nSPS) is 19.3. The lowest BCUT2D eigenvalue weighted by atomic mass is 10.1. The highest BCUT2D eigenvalue weighted by molar-refractivity contribution is 7.93. The maximum absolute atomic E-state index is 13.4. The summed E-state index contributed by atoms with van der Waals surface area (Å²) in [7, 11) is -3.95. The first-order chi connectivity index (χ1) is 14.9. The van der Waals surface area contributed by atoms with Crippen molar-refractivity contribution in [1.29, 1.82) is 0 Å². The van der Waals surface area contributed by atoms with Crippen LogP contribution in [-0.4, -0.2) is 40.1 Å². The number of hydrogen-bond acceptors (Lipinski definition) is 5. The van der Waals surface area contributed by atoms with Crippen LogP contribution in [-0.2, 0) is 19.6 Å². The third kappa shape index (κ3) is 5.14. The monoisotopic (exact) mass is 463 g/mol. The Balaban J connectivity index is 1.67. The Bertz CT molecular complexity index is 1050. The van der Waals surface area contributed by atoms with Crippen LogP contribution in [0.25, 0.3) is 0 Å². The zero-order chi connectivity index (χ0) is 21.8. The van der Waals surface area contributed by atoms with Crippen molar-refractivity contribution in [2.75, 3.05) is 34.6 Å². The summed E-state index contributed by atoms with van der Waals surface area (Å²) in [5.41, 5.74) is 1.35. The Kier molecular flexibility index (Phi) is 6.69. The first kappa shape index (κ1) is 21.9. The van der Waals surface area contributed by atoms with E-state index in [1.807, 2.05) is 0 Å². The van der Waals surface area contributed by atoms with Crippen LogP contribution >= 0.6 is 11.6 Å². The molecule has 2 aromatic carbocycles. The van der Waals surface area contributed by atoms with Gasteiger partial charge in [-0.3, -0.25) is 9.52 Å². The average molecular weight is 464 g/mol. The minimum absolute atomic E-state index is 0.111. The molecule has 0 spiro atoms. The van der Waals surface area contributed by atoms with Gasteiger partial charge in [0.05, 0.1) is 16.4 Å². The van der Waals surface area contributed by atoms with Crippen LogP contribution in [0, 0.1) is 0 Å². The standard InChI is InChI=1S/C22H26ClN3O4S/c23-17-7-2-3-8-18(17)25-31(28,29)21-15-16(24-22(27)20-9-6-14-30-20)10-11-19(21)26-12-4-1-5-13-26/h2-3,7-8,10-11,15,20,25H,1,4-6,9,12-14H2,(H,24,27)/t20-/m0/s1. The van der Waals surface area contributed by atoms with Gasteiger partial charge in [0.1, 0.15) is 11.0 Å². The number of carbonyl (C=O) groups excluding carboxylic acids is 1. The van der Waals surface area contributed by atoms with Crippen LogP contribution in [0.1, 0.15) is 32.1 Å². The maximum atomic E-state index is 13.4. The van der Waals surface area contributed by atoms with Gasteiger partial charge < -0.3 is 15.0 Å². The molecule has 2 aromatic rings. The molecule has 4 rings (SSSR count). The van der Waals surface area contributed by atoms with E-state index in [2.05, 4.69) is 14.9 Å². The molecule has 0 radical (unpaired) electrons. The SMILES string of the molecule is O=C(Nc1ccc(N2CCCCC2)c(S(=O)(=O)Nc2ccccc2Cl)c1)[C@@H]1CCCO1. The minimum Gasteiger partial charge on any atom is -0.370 e. The topological polar surface area (TPSA) is 87.7 Å². The van der Waals surface area contributed by atoms with Crippen LogP contribution in [0.3, 0.4) is 0 Å². The number of nitrogens with zero attached hydrogens (tertiary/aromatic N) is 1. The molecule has 2 aliphatic rings. The number of amides is 1. The highest BCUT2D eigenvalue weighted by Gasteiger charge is 2.27. The summed E-state index contributed by atoms with van der Waals surface area (Å²) in [5, 5.41) is 3.11. The maximum Gasteiger partial charge on any atom is 0.264 e. The van der Waals surface area contributed by atoms with Crippen LogP contribution in [0.2, 0.25) is 5.02 Å². The molecule has 7 nitrogen and oxygen atoms in total. The van der Waals surface area contributed by atoms with Gasteiger partial charge in [0, 0.05) is 25.4 Å². The van der Waals surface area contributed by atoms with Crippen molar-refractivity contribution in [2.24, 2.45) is 0 Å². The lowest BCUT2D eigenvalue weighted by molar-refractivity contribution is -0.124. The van der Waals surface area contributed by atoms with Crippen LogP contribution in [0.4, 0.5) is 17.1 Å². The Morgan fingerprint density at radius 2 is 1.84 bits per heavy atom. The van der Waals surface area contributed by atoms with Crippen LogP contribution in [0.15, 0.2) is 47.4 Å². The van der Waals surface area contributed by atoms with E-state index >= 15 is 0 Å². The molecule has 2 N–H and O–H groups in total. The Morgan fingerprint density at radius 3 is 2.55 bits per heavy atom. The second-order valence-corrected chi connectivity index (χ2v) is 9.86. The summed E-state index contributed by atoms with van der Waals surface area (Å²) >= 11 is 6.17. The molecule has 0 aromatic heterocycles. The molecule has 0 bridgehead atoms. The Labute approximate surface area is 187 Å². The van der Waals surface area contributed by atoms with Crippen molar-refractivity contribution in [2.45, 2.75) is 43.1 Å². The van der Waals surface area contributed by atoms with E-state index in [4.69, 9.17) is 16.3 Å². The predicted octanol–water partition coefficient (Wildman–Crippen LogP) is 4.25. The van der Waals surface area contributed by atoms with Gasteiger partial charge >= 0.3 is 0 Å². The summed E-state index contributed by atoms with van der Waals surface area (Å²) in [4.78, 5) is 14.7. The van der Waals surface area contributed by atoms with Gasteiger partial charge in [0.15, 0.2) is 0 Å². The molecule has 2 aliphatic heterocycles. The van der Waals surface area contributed by atoms with Crippen molar-refractivity contribution in [3.05, 3.63) is 47.5 Å². The quantitative estimate of drug-likeness (QED) is 0.668. The van der Waals surface area contributed by atoms with E-state index in [1.54, 1.807) is 36.4 Å². The van der Waals surface area contributed by atoms with Gasteiger partial charge in [0.25, 0.3) is 15.9 Å². The van der Waals surface area contributed by atoms with Crippen LogP contribution in [0.5, 0.6) is 0 Å².